The summed E-state index contributed by atoms with van der Waals surface area (Å²) >= 11 is 0. The van der Waals surface area contributed by atoms with E-state index in [4.69, 9.17) is 9.47 Å². The second-order valence-electron chi connectivity index (χ2n) is 5.24. The first-order valence-electron chi connectivity index (χ1n) is 7.51. The zero-order valence-corrected chi connectivity index (χ0v) is 13.0. The molecule has 20 heavy (non-hydrogen) atoms. The summed E-state index contributed by atoms with van der Waals surface area (Å²) in [6.07, 6.45) is 1.22. The SMILES string of the molecule is CCN(CC)CCNc1cc(OC)cc2c1CC(C)O2. The van der Waals surface area contributed by atoms with Crippen molar-refractivity contribution in [3.05, 3.63) is 17.7 Å². The van der Waals surface area contributed by atoms with E-state index in [1.807, 2.05) is 6.07 Å². The first-order chi connectivity index (χ1) is 9.67. The fraction of sp³-hybridized carbons (Fsp3) is 0.625. The standard InChI is InChI=1S/C16H26N2O2/c1-5-18(6-2)8-7-17-15-10-13(19-4)11-16-14(15)9-12(3)20-16/h10-12,17H,5-9H2,1-4H3. The van der Waals surface area contributed by atoms with Gasteiger partial charge in [-0.2, -0.15) is 0 Å². The van der Waals surface area contributed by atoms with E-state index in [1.165, 1.54) is 5.56 Å². The molecule has 1 unspecified atom stereocenters. The monoisotopic (exact) mass is 278 g/mol. The minimum atomic E-state index is 0.250. The van der Waals surface area contributed by atoms with Crippen LogP contribution in [0.15, 0.2) is 12.1 Å². The molecule has 0 radical (unpaired) electrons. The fourth-order valence-corrected chi connectivity index (χ4v) is 2.65. The predicted molar refractivity (Wildman–Crippen MR) is 83.1 cm³/mol. The van der Waals surface area contributed by atoms with Crippen LogP contribution >= 0.6 is 0 Å². The van der Waals surface area contributed by atoms with Gasteiger partial charge in [-0.25, -0.2) is 0 Å². The Hall–Kier alpha value is -1.42. The molecule has 1 aliphatic heterocycles. The molecule has 1 aliphatic rings. The highest BCUT2D eigenvalue weighted by molar-refractivity contribution is 5.63. The van der Waals surface area contributed by atoms with Crippen LogP contribution in [-0.4, -0.2) is 44.3 Å². The molecule has 1 aromatic rings. The molecule has 1 N–H and O–H groups in total. The van der Waals surface area contributed by atoms with Crippen molar-refractivity contribution < 1.29 is 9.47 Å². The number of rotatable bonds is 7. The number of hydrogen-bond donors (Lipinski definition) is 1. The summed E-state index contributed by atoms with van der Waals surface area (Å²) < 4.78 is 11.2. The first-order valence-corrected chi connectivity index (χ1v) is 7.51. The van der Waals surface area contributed by atoms with E-state index < -0.39 is 0 Å². The summed E-state index contributed by atoms with van der Waals surface area (Å²) in [7, 11) is 1.69. The van der Waals surface area contributed by atoms with Crippen LogP contribution in [-0.2, 0) is 6.42 Å². The second kappa shape index (κ2) is 6.84. The van der Waals surface area contributed by atoms with Crippen LogP contribution in [0.2, 0.25) is 0 Å². The smallest absolute Gasteiger partial charge is 0.128 e. The number of benzene rings is 1. The van der Waals surface area contributed by atoms with Gasteiger partial charge in [0.2, 0.25) is 0 Å². The van der Waals surface area contributed by atoms with Crippen molar-refractivity contribution in [3.8, 4) is 11.5 Å². The Morgan fingerprint density at radius 1 is 1.35 bits per heavy atom. The molecule has 4 nitrogen and oxygen atoms in total. The van der Waals surface area contributed by atoms with Crippen molar-refractivity contribution in [3.63, 3.8) is 0 Å². The van der Waals surface area contributed by atoms with Crippen molar-refractivity contribution in [1.82, 2.24) is 4.90 Å². The minimum absolute atomic E-state index is 0.250. The highest BCUT2D eigenvalue weighted by atomic mass is 16.5. The van der Waals surface area contributed by atoms with Gasteiger partial charge in [0, 0.05) is 42.9 Å². The largest absolute Gasteiger partial charge is 0.497 e. The third kappa shape index (κ3) is 3.37. The van der Waals surface area contributed by atoms with Crippen LogP contribution in [0.25, 0.3) is 0 Å². The Bertz CT molecular complexity index is 444. The van der Waals surface area contributed by atoms with E-state index in [2.05, 4.69) is 37.1 Å². The fourth-order valence-electron chi connectivity index (χ4n) is 2.65. The number of methoxy groups -OCH3 is 1. The highest BCUT2D eigenvalue weighted by Gasteiger charge is 2.23. The van der Waals surface area contributed by atoms with Crippen LogP contribution in [0.4, 0.5) is 5.69 Å². The van der Waals surface area contributed by atoms with Gasteiger partial charge in [-0.3, -0.25) is 0 Å². The number of likely N-dealkylation sites (N-methyl/N-ethyl adjacent to an activating group) is 1. The molecule has 0 saturated heterocycles. The van der Waals surface area contributed by atoms with Gasteiger partial charge in [-0.1, -0.05) is 13.8 Å². The molecule has 1 heterocycles. The van der Waals surface area contributed by atoms with Crippen molar-refractivity contribution in [2.45, 2.75) is 33.3 Å². The van der Waals surface area contributed by atoms with Crippen LogP contribution in [0.1, 0.15) is 26.3 Å². The average molecular weight is 278 g/mol. The van der Waals surface area contributed by atoms with Gasteiger partial charge in [0.25, 0.3) is 0 Å². The van der Waals surface area contributed by atoms with E-state index in [1.54, 1.807) is 7.11 Å². The molecule has 1 atom stereocenters. The second-order valence-corrected chi connectivity index (χ2v) is 5.24. The lowest BCUT2D eigenvalue weighted by Gasteiger charge is -2.19. The van der Waals surface area contributed by atoms with Crippen molar-refractivity contribution in [2.24, 2.45) is 0 Å². The van der Waals surface area contributed by atoms with Gasteiger partial charge in [0.1, 0.15) is 17.6 Å². The molecule has 0 aromatic heterocycles. The van der Waals surface area contributed by atoms with Crippen LogP contribution in [0, 0.1) is 0 Å². The molecule has 4 heteroatoms. The number of hydrogen-bond acceptors (Lipinski definition) is 4. The lowest BCUT2D eigenvalue weighted by Crippen LogP contribution is -2.28. The molecular weight excluding hydrogens is 252 g/mol. The van der Waals surface area contributed by atoms with Gasteiger partial charge >= 0.3 is 0 Å². The van der Waals surface area contributed by atoms with Crippen LogP contribution in [0.5, 0.6) is 11.5 Å². The van der Waals surface area contributed by atoms with E-state index in [0.29, 0.717) is 0 Å². The Morgan fingerprint density at radius 2 is 2.10 bits per heavy atom. The zero-order chi connectivity index (χ0) is 14.5. The number of nitrogens with zero attached hydrogens (tertiary/aromatic N) is 1. The molecule has 0 bridgehead atoms. The Labute approximate surface area is 122 Å². The van der Waals surface area contributed by atoms with Gasteiger partial charge in [-0.05, 0) is 20.0 Å². The number of nitrogens with one attached hydrogen (secondary N) is 1. The quantitative estimate of drug-likeness (QED) is 0.831. The summed E-state index contributed by atoms with van der Waals surface area (Å²) in [6, 6.07) is 4.05. The topological polar surface area (TPSA) is 33.7 Å². The zero-order valence-electron chi connectivity index (χ0n) is 13.0. The van der Waals surface area contributed by atoms with Crippen LogP contribution in [0.3, 0.4) is 0 Å². The molecule has 0 fully saturated rings. The maximum atomic E-state index is 5.83. The predicted octanol–water partition coefficient (Wildman–Crippen LogP) is 2.77. The molecule has 112 valence electrons. The number of fused-ring (bicyclic) bond motifs is 1. The molecule has 0 amide bonds. The first kappa shape index (κ1) is 15.0. The third-order valence-electron chi connectivity index (χ3n) is 3.88. The normalized spacial score (nSPS) is 16.9. The lowest BCUT2D eigenvalue weighted by molar-refractivity contribution is 0.253. The van der Waals surface area contributed by atoms with E-state index in [0.717, 1.165) is 49.8 Å². The number of anilines is 1. The average Bonchev–Trinajstić information content (AvgIpc) is 2.83. The van der Waals surface area contributed by atoms with Crippen molar-refractivity contribution in [2.75, 3.05) is 38.6 Å². The molecular formula is C16H26N2O2. The van der Waals surface area contributed by atoms with E-state index in [9.17, 15) is 0 Å². The summed E-state index contributed by atoms with van der Waals surface area (Å²) in [5, 5.41) is 3.54. The van der Waals surface area contributed by atoms with Gasteiger partial charge in [-0.15, -0.1) is 0 Å². The molecule has 0 aliphatic carbocycles. The molecule has 0 spiro atoms. The maximum absolute atomic E-state index is 5.83. The van der Waals surface area contributed by atoms with E-state index >= 15 is 0 Å². The molecule has 1 aromatic carbocycles. The Kier molecular flexibility index (Phi) is 5.12. The Balaban J connectivity index is 2.05. The van der Waals surface area contributed by atoms with Gasteiger partial charge in [0.05, 0.1) is 7.11 Å². The third-order valence-corrected chi connectivity index (χ3v) is 3.88. The van der Waals surface area contributed by atoms with Crippen molar-refractivity contribution >= 4 is 5.69 Å². The summed E-state index contributed by atoms with van der Waals surface area (Å²) in [4.78, 5) is 2.41. The Morgan fingerprint density at radius 3 is 2.75 bits per heavy atom. The molecule has 2 rings (SSSR count). The van der Waals surface area contributed by atoms with E-state index in [-0.39, 0.29) is 6.10 Å². The van der Waals surface area contributed by atoms with Gasteiger partial charge < -0.3 is 19.7 Å². The lowest BCUT2D eigenvalue weighted by atomic mass is 10.1. The molecule has 0 saturated carbocycles. The minimum Gasteiger partial charge on any atom is -0.497 e. The number of ether oxygens (including phenoxy) is 2. The highest BCUT2D eigenvalue weighted by Crippen LogP contribution is 2.38. The van der Waals surface area contributed by atoms with Crippen LogP contribution < -0.4 is 14.8 Å². The summed E-state index contributed by atoms with van der Waals surface area (Å²) in [5.74, 6) is 1.81. The summed E-state index contributed by atoms with van der Waals surface area (Å²) in [5.41, 5.74) is 2.42. The van der Waals surface area contributed by atoms with Gasteiger partial charge in [0.15, 0.2) is 0 Å². The summed E-state index contributed by atoms with van der Waals surface area (Å²) in [6.45, 7) is 10.7. The maximum Gasteiger partial charge on any atom is 0.128 e. The van der Waals surface area contributed by atoms with Crippen molar-refractivity contribution in [1.29, 1.82) is 0 Å².